The number of hydrogen-bond acceptors (Lipinski definition) is 9. The van der Waals surface area contributed by atoms with Gasteiger partial charge in [-0.1, -0.05) is 24.3 Å². The molecule has 3 rings (SSSR count). The van der Waals surface area contributed by atoms with E-state index in [0.29, 0.717) is 11.3 Å². The van der Waals surface area contributed by atoms with Gasteiger partial charge in [0.05, 0.1) is 15.5 Å². The van der Waals surface area contributed by atoms with Crippen LogP contribution in [0.2, 0.25) is 0 Å². The number of benzene rings is 2. The third-order valence-corrected chi connectivity index (χ3v) is 4.82. The van der Waals surface area contributed by atoms with Gasteiger partial charge in [0, 0.05) is 29.1 Å². The number of nitrogens with zero attached hydrogens (tertiary/aromatic N) is 3. The van der Waals surface area contributed by atoms with Crippen molar-refractivity contribution >= 4 is 39.7 Å². The number of non-ortho nitro benzene ring substituents is 1. The van der Waals surface area contributed by atoms with Gasteiger partial charge in [-0.05, 0) is 13.0 Å². The van der Waals surface area contributed by atoms with Crippen LogP contribution in [0.3, 0.4) is 0 Å². The number of nitrogens with one attached hydrogen (secondary N) is 1. The molecule has 0 aliphatic heterocycles. The van der Waals surface area contributed by atoms with Crippen LogP contribution < -0.4 is 5.32 Å². The summed E-state index contributed by atoms with van der Waals surface area (Å²) in [7, 11) is 0. The predicted octanol–water partition coefficient (Wildman–Crippen LogP) is 3.81. The zero-order valence-electron chi connectivity index (χ0n) is 15.9. The molecule has 0 saturated heterocycles. The first-order valence-electron chi connectivity index (χ1n) is 8.72. The van der Waals surface area contributed by atoms with Gasteiger partial charge in [0.15, 0.2) is 11.2 Å². The smallest absolute Gasteiger partial charge is 0.345 e. The van der Waals surface area contributed by atoms with E-state index in [1.165, 1.54) is 43.3 Å². The van der Waals surface area contributed by atoms with Crippen molar-refractivity contribution in [2.24, 2.45) is 0 Å². The Morgan fingerprint density at radius 3 is 2.55 bits per heavy atom. The highest BCUT2D eigenvalue weighted by molar-refractivity contribution is 7.14. The maximum absolute atomic E-state index is 12.3. The summed E-state index contributed by atoms with van der Waals surface area (Å²) in [6.45, 7) is 1.32. The SMILES string of the molecule is CC(OC(=O)c1ccccc1[N+](=O)[O-])C(=O)Nc1nc(-c2cccc([N+](=O)[O-])c2)cs1. The van der Waals surface area contributed by atoms with Crippen molar-refractivity contribution in [2.45, 2.75) is 13.0 Å². The summed E-state index contributed by atoms with van der Waals surface area (Å²) >= 11 is 1.08. The number of rotatable bonds is 7. The molecule has 1 unspecified atom stereocenters. The second-order valence-corrected chi connectivity index (χ2v) is 7.01. The van der Waals surface area contributed by atoms with E-state index in [2.05, 4.69) is 10.3 Å². The highest BCUT2D eigenvalue weighted by Crippen LogP contribution is 2.27. The Labute approximate surface area is 178 Å². The van der Waals surface area contributed by atoms with E-state index in [1.807, 2.05) is 0 Å². The number of carbonyl (C=O) groups excluding carboxylic acids is 2. The van der Waals surface area contributed by atoms with Gasteiger partial charge < -0.3 is 4.74 Å². The maximum atomic E-state index is 12.3. The van der Waals surface area contributed by atoms with E-state index in [9.17, 15) is 29.8 Å². The van der Waals surface area contributed by atoms with Crippen molar-refractivity contribution in [1.29, 1.82) is 0 Å². The Hall–Kier alpha value is -4.19. The molecule has 0 saturated carbocycles. The van der Waals surface area contributed by atoms with Crippen LogP contribution in [0.1, 0.15) is 17.3 Å². The highest BCUT2D eigenvalue weighted by atomic mass is 32.1. The molecule has 0 fully saturated rings. The molecule has 1 heterocycles. The first-order chi connectivity index (χ1) is 14.8. The van der Waals surface area contributed by atoms with Crippen molar-refractivity contribution < 1.29 is 24.2 Å². The quantitative estimate of drug-likeness (QED) is 0.329. The van der Waals surface area contributed by atoms with E-state index in [0.717, 1.165) is 17.4 Å². The number of ether oxygens (including phenoxy) is 1. The van der Waals surface area contributed by atoms with Crippen LogP contribution in [0.15, 0.2) is 53.9 Å². The molecule has 0 aliphatic carbocycles. The van der Waals surface area contributed by atoms with Crippen molar-refractivity contribution in [1.82, 2.24) is 4.98 Å². The summed E-state index contributed by atoms with van der Waals surface area (Å²) in [5, 5.41) is 26.2. The lowest BCUT2D eigenvalue weighted by molar-refractivity contribution is -0.385. The Morgan fingerprint density at radius 2 is 1.84 bits per heavy atom. The number of nitro benzene ring substituents is 2. The molecule has 0 bridgehead atoms. The van der Waals surface area contributed by atoms with Gasteiger partial charge in [0.1, 0.15) is 5.56 Å². The molecule has 11 nitrogen and oxygen atoms in total. The predicted molar refractivity (Wildman–Crippen MR) is 111 cm³/mol. The van der Waals surface area contributed by atoms with E-state index < -0.39 is 33.5 Å². The number of thiazole rings is 1. The zero-order valence-corrected chi connectivity index (χ0v) is 16.7. The monoisotopic (exact) mass is 442 g/mol. The second-order valence-electron chi connectivity index (χ2n) is 6.16. The second kappa shape index (κ2) is 9.09. The average Bonchev–Trinajstić information content (AvgIpc) is 3.22. The van der Waals surface area contributed by atoms with Crippen molar-refractivity contribution in [3.63, 3.8) is 0 Å². The minimum atomic E-state index is -1.25. The van der Waals surface area contributed by atoms with Crippen LogP contribution in [0, 0.1) is 20.2 Å². The molecule has 0 spiro atoms. The van der Waals surface area contributed by atoms with Crippen molar-refractivity contribution in [2.75, 3.05) is 5.32 Å². The summed E-state index contributed by atoms with van der Waals surface area (Å²) in [6, 6.07) is 11.1. The van der Waals surface area contributed by atoms with Crippen LogP contribution in [-0.4, -0.2) is 32.8 Å². The lowest BCUT2D eigenvalue weighted by atomic mass is 10.1. The van der Waals surface area contributed by atoms with E-state index >= 15 is 0 Å². The van der Waals surface area contributed by atoms with Crippen LogP contribution in [-0.2, 0) is 9.53 Å². The fourth-order valence-corrected chi connectivity index (χ4v) is 3.26. The Kier molecular flexibility index (Phi) is 6.31. The van der Waals surface area contributed by atoms with Gasteiger partial charge in [0.2, 0.25) is 0 Å². The summed E-state index contributed by atoms with van der Waals surface area (Å²) in [5.74, 6) is -1.70. The third kappa shape index (κ3) is 5.05. The van der Waals surface area contributed by atoms with Crippen LogP contribution in [0.4, 0.5) is 16.5 Å². The third-order valence-electron chi connectivity index (χ3n) is 4.06. The van der Waals surface area contributed by atoms with Crippen LogP contribution >= 0.6 is 11.3 Å². The fourth-order valence-electron chi connectivity index (χ4n) is 2.53. The van der Waals surface area contributed by atoms with E-state index in [4.69, 9.17) is 4.74 Å². The number of carbonyl (C=O) groups is 2. The van der Waals surface area contributed by atoms with Gasteiger partial charge in [-0.3, -0.25) is 30.3 Å². The highest BCUT2D eigenvalue weighted by Gasteiger charge is 2.25. The number of para-hydroxylation sites is 1. The van der Waals surface area contributed by atoms with Crippen LogP contribution in [0.5, 0.6) is 0 Å². The first-order valence-corrected chi connectivity index (χ1v) is 9.60. The zero-order chi connectivity index (χ0) is 22.5. The first kappa shape index (κ1) is 21.5. The fraction of sp³-hybridized carbons (Fsp3) is 0.105. The molecule has 0 aliphatic rings. The molecule has 1 atom stereocenters. The number of aromatic nitrogens is 1. The summed E-state index contributed by atoms with van der Waals surface area (Å²) in [5.41, 5.74) is 0.137. The topological polar surface area (TPSA) is 155 Å². The molecular weight excluding hydrogens is 428 g/mol. The Bertz CT molecular complexity index is 1180. The molecular formula is C19H14N4O7S. The van der Waals surface area contributed by atoms with Gasteiger partial charge in [-0.2, -0.15) is 0 Å². The number of nitro groups is 2. The molecule has 0 radical (unpaired) electrons. The van der Waals surface area contributed by atoms with Crippen molar-refractivity contribution in [3.05, 3.63) is 79.7 Å². The molecule has 1 N–H and O–H groups in total. The van der Waals surface area contributed by atoms with Gasteiger partial charge in [0.25, 0.3) is 17.3 Å². The number of amides is 1. The molecule has 1 amide bonds. The molecule has 158 valence electrons. The number of esters is 1. The normalized spacial score (nSPS) is 11.4. The molecule has 31 heavy (non-hydrogen) atoms. The van der Waals surface area contributed by atoms with Crippen molar-refractivity contribution in [3.8, 4) is 11.3 Å². The van der Waals surface area contributed by atoms with E-state index in [-0.39, 0.29) is 16.4 Å². The largest absolute Gasteiger partial charge is 0.449 e. The molecule has 3 aromatic rings. The lowest BCUT2D eigenvalue weighted by Gasteiger charge is -2.12. The number of anilines is 1. The lowest BCUT2D eigenvalue weighted by Crippen LogP contribution is -2.30. The van der Waals surface area contributed by atoms with Gasteiger partial charge in [-0.25, -0.2) is 9.78 Å². The Balaban J connectivity index is 1.67. The minimum absolute atomic E-state index is 0.0911. The average molecular weight is 442 g/mol. The summed E-state index contributed by atoms with van der Waals surface area (Å²) in [4.78, 5) is 49.5. The van der Waals surface area contributed by atoms with Crippen LogP contribution in [0.25, 0.3) is 11.3 Å². The summed E-state index contributed by atoms with van der Waals surface area (Å²) in [6.07, 6.45) is -1.25. The van der Waals surface area contributed by atoms with Gasteiger partial charge in [-0.15, -0.1) is 11.3 Å². The number of hydrogen-bond donors (Lipinski definition) is 1. The maximum Gasteiger partial charge on any atom is 0.345 e. The molecule has 2 aromatic carbocycles. The minimum Gasteiger partial charge on any atom is -0.449 e. The van der Waals surface area contributed by atoms with Gasteiger partial charge >= 0.3 is 5.97 Å². The van der Waals surface area contributed by atoms with E-state index in [1.54, 1.807) is 11.4 Å². The summed E-state index contributed by atoms with van der Waals surface area (Å²) < 4.78 is 5.04. The standard InChI is InChI=1S/C19H14N4O7S/c1-11(30-18(25)14-7-2-3-8-16(14)23(28)29)17(24)21-19-20-15(10-31-19)12-5-4-6-13(9-12)22(26)27/h2-11H,1H3,(H,20,21,24). The molecule has 12 heteroatoms. The molecule has 1 aromatic heterocycles. The Morgan fingerprint density at radius 1 is 1.10 bits per heavy atom.